The van der Waals surface area contributed by atoms with Crippen molar-refractivity contribution in [2.75, 3.05) is 20.8 Å². The lowest BCUT2D eigenvalue weighted by Crippen LogP contribution is -2.32. The van der Waals surface area contributed by atoms with E-state index in [2.05, 4.69) is 42.5 Å². The van der Waals surface area contributed by atoms with Crippen molar-refractivity contribution in [1.29, 1.82) is 0 Å². The quantitative estimate of drug-likeness (QED) is 0.339. The van der Waals surface area contributed by atoms with E-state index in [0.29, 0.717) is 18.1 Å². The van der Waals surface area contributed by atoms with Crippen LogP contribution in [-0.4, -0.2) is 26.6 Å². The van der Waals surface area contributed by atoms with E-state index in [1.807, 2.05) is 36.4 Å². The van der Waals surface area contributed by atoms with Crippen molar-refractivity contribution in [3.63, 3.8) is 0 Å². The first-order chi connectivity index (χ1) is 16.7. The van der Waals surface area contributed by atoms with Crippen molar-refractivity contribution in [2.45, 2.75) is 18.3 Å². The third kappa shape index (κ3) is 3.17. The van der Waals surface area contributed by atoms with E-state index in [0.717, 1.165) is 28.9 Å². The molecule has 1 aliphatic heterocycles. The van der Waals surface area contributed by atoms with Gasteiger partial charge in [-0.05, 0) is 46.5 Å². The molecule has 1 heterocycles. The zero-order valence-corrected chi connectivity index (χ0v) is 19.3. The van der Waals surface area contributed by atoms with Crippen LogP contribution in [0.3, 0.4) is 0 Å². The Morgan fingerprint density at radius 3 is 2.32 bits per heavy atom. The molecule has 0 saturated carbocycles. The molecule has 1 aliphatic carbocycles. The van der Waals surface area contributed by atoms with E-state index in [1.54, 1.807) is 14.2 Å². The molecule has 4 aromatic rings. The van der Waals surface area contributed by atoms with Gasteiger partial charge in [-0.2, -0.15) is 0 Å². The van der Waals surface area contributed by atoms with E-state index >= 15 is 0 Å². The summed E-state index contributed by atoms with van der Waals surface area (Å²) in [6.07, 6.45) is 0.840. The highest BCUT2D eigenvalue weighted by molar-refractivity contribution is 6.02. The number of rotatable bonds is 4. The van der Waals surface area contributed by atoms with Crippen molar-refractivity contribution in [1.82, 2.24) is 0 Å². The van der Waals surface area contributed by atoms with Crippen molar-refractivity contribution in [3.05, 3.63) is 101 Å². The number of methoxy groups -OCH3 is 2. The molecule has 0 unspecified atom stereocenters. The van der Waals surface area contributed by atoms with Crippen LogP contribution in [0.1, 0.15) is 45.3 Å². The molecule has 4 aromatic carbocycles. The summed E-state index contributed by atoms with van der Waals surface area (Å²) < 4.78 is 17.8. The maximum Gasteiger partial charge on any atom is 0.170 e. The second-order valence-corrected chi connectivity index (χ2v) is 9.10. The van der Waals surface area contributed by atoms with Crippen LogP contribution >= 0.6 is 0 Å². The standard InChI is InChI=1S/C30H26O4/c1-32-26-15-22-23-14-20(17-34-25-13-12-18-8-6-7-11-21(18)29(23)25)28(24(22)16-27(26)33-2)30(31)19-9-4-3-5-10-19/h3-13,15-16,20,23,28H,14,17H2,1-2H3/t20-,23-,28-/m0/s1. The Kier molecular flexibility index (Phi) is 5.02. The Morgan fingerprint density at radius 1 is 0.853 bits per heavy atom. The predicted molar refractivity (Wildman–Crippen MR) is 132 cm³/mol. The average molecular weight is 451 g/mol. The number of ketones is 1. The van der Waals surface area contributed by atoms with Gasteiger partial charge in [0.1, 0.15) is 5.75 Å². The van der Waals surface area contributed by atoms with Crippen LogP contribution in [0.25, 0.3) is 10.8 Å². The fourth-order valence-corrected chi connectivity index (χ4v) is 5.83. The lowest BCUT2D eigenvalue weighted by Gasteiger charge is -2.36. The molecule has 170 valence electrons. The summed E-state index contributed by atoms with van der Waals surface area (Å²) in [6.45, 7) is 0.499. The summed E-state index contributed by atoms with van der Waals surface area (Å²) in [5.74, 6) is 2.19. The van der Waals surface area contributed by atoms with Gasteiger partial charge in [-0.1, -0.05) is 60.7 Å². The largest absolute Gasteiger partial charge is 0.493 e. The van der Waals surface area contributed by atoms with Gasteiger partial charge in [-0.25, -0.2) is 0 Å². The highest BCUT2D eigenvalue weighted by Crippen LogP contribution is 2.54. The van der Waals surface area contributed by atoms with Crippen molar-refractivity contribution in [3.8, 4) is 17.2 Å². The molecular weight excluding hydrogens is 424 g/mol. The SMILES string of the molecule is COc1cc2c(cc1OC)[C@@H](C(=O)c1ccccc1)[C@@H]1COc3ccc4ccccc4c3[C@H]2C1. The van der Waals surface area contributed by atoms with Gasteiger partial charge >= 0.3 is 0 Å². The molecule has 0 saturated heterocycles. The van der Waals surface area contributed by atoms with Crippen LogP contribution in [0.2, 0.25) is 0 Å². The zero-order chi connectivity index (χ0) is 23.2. The molecule has 3 atom stereocenters. The van der Waals surface area contributed by atoms with Crippen molar-refractivity contribution < 1.29 is 19.0 Å². The van der Waals surface area contributed by atoms with Gasteiger partial charge in [0.2, 0.25) is 0 Å². The van der Waals surface area contributed by atoms with Gasteiger partial charge < -0.3 is 14.2 Å². The third-order valence-corrected chi connectivity index (χ3v) is 7.38. The molecule has 2 aliphatic rings. The van der Waals surface area contributed by atoms with Crippen LogP contribution < -0.4 is 14.2 Å². The summed E-state index contributed by atoms with van der Waals surface area (Å²) in [7, 11) is 3.29. The summed E-state index contributed by atoms with van der Waals surface area (Å²) in [5.41, 5.74) is 4.04. The highest BCUT2D eigenvalue weighted by Gasteiger charge is 2.43. The summed E-state index contributed by atoms with van der Waals surface area (Å²) in [4.78, 5) is 13.9. The normalized spacial score (nSPS) is 20.5. The van der Waals surface area contributed by atoms with Gasteiger partial charge in [0.25, 0.3) is 0 Å². The van der Waals surface area contributed by atoms with Crippen molar-refractivity contribution in [2.24, 2.45) is 5.92 Å². The minimum absolute atomic E-state index is 0.0504. The van der Waals surface area contributed by atoms with Crippen LogP contribution in [0.15, 0.2) is 78.9 Å². The molecule has 6 rings (SSSR count). The smallest absolute Gasteiger partial charge is 0.170 e. The lowest BCUT2D eigenvalue weighted by atomic mass is 9.66. The van der Waals surface area contributed by atoms with Gasteiger partial charge in [0.15, 0.2) is 17.3 Å². The van der Waals surface area contributed by atoms with Crippen molar-refractivity contribution >= 4 is 16.6 Å². The highest BCUT2D eigenvalue weighted by atomic mass is 16.5. The Bertz CT molecular complexity index is 1390. The molecule has 0 amide bonds. The summed E-state index contributed by atoms with van der Waals surface area (Å²) in [6, 6.07) is 26.3. The van der Waals surface area contributed by atoms with E-state index in [4.69, 9.17) is 14.2 Å². The average Bonchev–Trinajstić information content (AvgIpc) is 3.06. The molecule has 2 bridgehead atoms. The number of hydrogen-bond acceptors (Lipinski definition) is 4. The number of benzene rings is 4. The molecular formula is C30H26O4. The molecule has 0 aromatic heterocycles. The Balaban J connectivity index is 1.61. The van der Waals surface area contributed by atoms with E-state index in [-0.39, 0.29) is 23.5 Å². The molecule has 34 heavy (non-hydrogen) atoms. The number of carbonyl (C=O) groups is 1. The first kappa shape index (κ1) is 20.8. The topological polar surface area (TPSA) is 44.8 Å². The van der Waals surface area contributed by atoms with Gasteiger partial charge in [-0.3, -0.25) is 4.79 Å². The molecule has 4 heteroatoms. The Morgan fingerprint density at radius 2 is 1.56 bits per heavy atom. The van der Waals surface area contributed by atoms with Gasteiger partial charge in [0.05, 0.1) is 26.7 Å². The maximum atomic E-state index is 13.9. The number of carbonyl (C=O) groups excluding carboxylic acids is 1. The first-order valence-electron chi connectivity index (χ1n) is 11.7. The van der Waals surface area contributed by atoms with Crippen LogP contribution in [0, 0.1) is 5.92 Å². The second kappa shape index (κ2) is 8.21. The summed E-state index contributed by atoms with van der Waals surface area (Å²) in [5, 5.41) is 2.38. The minimum atomic E-state index is -0.311. The molecule has 0 radical (unpaired) electrons. The van der Waals surface area contributed by atoms with Crippen LogP contribution in [0.5, 0.6) is 17.2 Å². The molecule has 4 nitrogen and oxygen atoms in total. The third-order valence-electron chi connectivity index (χ3n) is 7.38. The molecule has 0 spiro atoms. The second-order valence-electron chi connectivity index (χ2n) is 9.10. The predicted octanol–water partition coefficient (Wildman–Crippen LogP) is 6.37. The van der Waals surface area contributed by atoms with Gasteiger partial charge in [0, 0.05) is 23.0 Å². The Hall–Kier alpha value is -3.79. The van der Waals surface area contributed by atoms with Crippen LogP contribution in [0.4, 0.5) is 0 Å². The maximum absolute atomic E-state index is 13.9. The van der Waals surface area contributed by atoms with E-state index in [1.165, 1.54) is 16.3 Å². The number of hydrogen-bond donors (Lipinski definition) is 0. The van der Waals surface area contributed by atoms with Crippen LogP contribution in [-0.2, 0) is 0 Å². The number of ether oxygens (including phenoxy) is 3. The fraction of sp³-hybridized carbons (Fsp3) is 0.233. The lowest BCUT2D eigenvalue weighted by molar-refractivity contribution is 0.0891. The number of fused-ring (bicyclic) bond motifs is 8. The fourth-order valence-electron chi connectivity index (χ4n) is 5.83. The van der Waals surface area contributed by atoms with E-state index in [9.17, 15) is 4.79 Å². The van der Waals surface area contributed by atoms with Gasteiger partial charge in [-0.15, -0.1) is 0 Å². The molecule has 0 N–H and O–H groups in total. The first-order valence-corrected chi connectivity index (χ1v) is 11.7. The monoisotopic (exact) mass is 450 g/mol. The minimum Gasteiger partial charge on any atom is -0.493 e. The molecule has 0 fully saturated rings. The summed E-state index contributed by atoms with van der Waals surface area (Å²) >= 11 is 0. The van der Waals surface area contributed by atoms with E-state index < -0.39 is 0 Å². The zero-order valence-electron chi connectivity index (χ0n) is 19.3. The number of Topliss-reactive ketones (excluding diaryl/α,β-unsaturated/α-hetero) is 1. The Labute approximate surface area is 199 Å².